The molecule has 0 saturated carbocycles. The van der Waals surface area contributed by atoms with E-state index in [1.54, 1.807) is 6.07 Å². The summed E-state index contributed by atoms with van der Waals surface area (Å²) in [6.45, 7) is 4.29. The highest BCUT2D eigenvalue weighted by molar-refractivity contribution is 5.68. The summed E-state index contributed by atoms with van der Waals surface area (Å²) in [6, 6.07) is 21.8. The largest absolute Gasteiger partial charge is 0.356 e. The van der Waals surface area contributed by atoms with Crippen molar-refractivity contribution in [2.24, 2.45) is 5.92 Å². The maximum atomic E-state index is 9.38. The average Bonchev–Trinajstić information content (AvgIpc) is 2.74. The van der Waals surface area contributed by atoms with Gasteiger partial charge in [0.25, 0.3) is 0 Å². The van der Waals surface area contributed by atoms with Crippen LogP contribution in [0.15, 0.2) is 60.7 Å². The number of benzene rings is 2. The number of hydrogen-bond donors (Lipinski definition) is 1. The third-order valence-corrected chi connectivity index (χ3v) is 5.06. The topological polar surface area (TPSA) is 64.8 Å². The maximum Gasteiger partial charge on any atom is 0.229 e. The van der Waals surface area contributed by atoms with E-state index in [0.717, 1.165) is 30.2 Å². The predicted octanol–water partition coefficient (Wildman–Crippen LogP) is 5.00. The number of aromatic nitrogens is 2. The number of nitrogens with zero attached hydrogens (tertiary/aromatic N) is 4. The van der Waals surface area contributed by atoms with Gasteiger partial charge in [0.05, 0.1) is 16.9 Å². The molecular weight excluding hydrogens is 346 g/mol. The molecule has 0 radical (unpaired) electrons. The van der Waals surface area contributed by atoms with Crippen LogP contribution in [0.5, 0.6) is 0 Å². The molecule has 2 aromatic carbocycles. The smallest absolute Gasteiger partial charge is 0.229 e. The molecule has 0 bridgehead atoms. The van der Waals surface area contributed by atoms with E-state index in [2.05, 4.69) is 41.4 Å². The number of nitrogens with one attached hydrogen (secondary N) is 1. The Bertz CT molecular complexity index is 993. The fourth-order valence-electron chi connectivity index (χ4n) is 3.62. The Morgan fingerprint density at radius 1 is 1.07 bits per heavy atom. The predicted molar refractivity (Wildman–Crippen MR) is 113 cm³/mol. The van der Waals surface area contributed by atoms with Crippen LogP contribution >= 0.6 is 0 Å². The molecule has 1 N–H and O–H groups in total. The van der Waals surface area contributed by atoms with E-state index in [1.165, 1.54) is 12.8 Å². The number of piperidine rings is 1. The fourth-order valence-corrected chi connectivity index (χ4v) is 3.62. The first kappa shape index (κ1) is 18.0. The Balaban J connectivity index is 1.74. The Morgan fingerprint density at radius 2 is 1.86 bits per heavy atom. The van der Waals surface area contributed by atoms with Gasteiger partial charge in [0.15, 0.2) is 0 Å². The lowest BCUT2D eigenvalue weighted by Crippen LogP contribution is -2.35. The van der Waals surface area contributed by atoms with E-state index in [-0.39, 0.29) is 0 Å². The van der Waals surface area contributed by atoms with Gasteiger partial charge in [-0.3, -0.25) is 0 Å². The van der Waals surface area contributed by atoms with Crippen molar-refractivity contribution >= 4 is 17.5 Å². The van der Waals surface area contributed by atoms with Gasteiger partial charge in [-0.05, 0) is 30.9 Å². The highest BCUT2D eigenvalue weighted by Gasteiger charge is 2.19. The van der Waals surface area contributed by atoms with Gasteiger partial charge in [-0.15, -0.1) is 0 Å². The second-order valence-corrected chi connectivity index (χ2v) is 7.28. The van der Waals surface area contributed by atoms with Crippen LogP contribution in [0.3, 0.4) is 0 Å². The molecule has 140 valence electrons. The van der Waals surface area contributed by atoms with Crippen LogP contribution in [0, 0.1) is 17.2 Å². The van der Waals surface area contributed by atoms with Crippen LogP contribution in [-0.4, -0.2) is 23.1 Å². The van der Waals surface area contributed by atoms with Gasteiger partial charge >= 0.3 is 0 Å². The summed E-state index contributed by atoms with van der Waals surface area (Å²) in [4.78, 5) is 11.8. The van der Waals surface area contributed by atoms with Gasteiger partial charge in [-0.2, -0.15) is 10.2 Å². The van der Waals surface area contributed by atoms with Gasteiger partial charge in [-0.1, -0.05) is 49.4 Å². The first-order valence-electron chi connectivity index (χ1n) is 9.68. The van der Waals surface area contributed by atoms with Crippen LogP contribution in [0.2, 0.25) is 0 Å². The summed E-state index contributed by atoms with van der Waals surface area (Å²) in [7, 11) is 0. The molecule has 1 saturated heterocycles. The second-order valence-electron chi connectivity index (χ2n) is 7.28. The Labute approximate surface area is 165 Å². The summed E-state index contributed by atoms with van der Waals surface area (Å²) in [5.74, 6) is 2.09. The zero-order valence-electron chi connectivity index (χ0n) is 16.0. The lowest BCUT2D eigenvalue weighted by molar-refractivity contribution is 0.444. The Hall–Kier alpha value is -3.39. The summed E-state index contributed by atoms with van der Waals surface area (Å²) >= 11 is 0. The zero-order valence-corrected chi connectivity index (χ0v) is 16.0. The molecule has 0 aliphatic carbocycles. The van der Waals surface area contributed by atoms with Crippen molar-refractivity contribution in [3.63, 3.8) is 0 Å². The molecule has 3 aromatic rings. The number of rotatable bonds is 4. The fraction of sp³-hybridized carbons (Fsp3) is 0.261. The number of anilines is 3. The van der Waals surface area contributed by atoms with Crippen LogP contribution in [0.4, 0.5) is 17.5 Å². The number of nitriles is 1. The molecule has 0 amide bonds. The third-order valence-electron chi connectivity index (χ3n) is 5.06. The Kier molecular flexibility index (Phi) is 5.20. The van der Waals surface area contributed by atoms with Crippen molar-refractivity contribution in [1.82, 2.24) is 9.97 Å². The third kappa shape index (κ3) is 3.96. The second kappa shape index (κ2) is 8.10. The van der Waals surface area contributed by atoms with Gasteiger partial charge in [0.2, 0.25) is 5.95 Å². The molecule has 1 aliphatic rings. The van der Waals surface area contributed by atoms with E-state index < -0.39 is 0 Å². The van der Waals surface area contributed by atoms with E-state index in [4.69, 9.17) is 9.97 Å². The van der Waals surface area contributed by atoms with Crippen molar-refractivity contribution < 1.29 is 0 Å². The number of para-hydroxylation sites is 1. The minimum atomic E-state index is 0.511. The summed E-state index contributed by atoms with van der Waals surface area (Å²) in [5, 5.41) is 12.6. The average molecular weight is 369 g/mol. The normalized spacial score (nSPS) is 16.4. The molecule has 0 spiro atoms. The van der Waals surface area contributed by atoms with Crippen LogP contribution in [0.25, 0.3) is 11.3 Å². The van der Waals surface area contributed by atoms with Gasteiger partial charge in [-0.25, -0.2) is 4.98 Å². The highest BCUT2D eigenvalue weighted by Crippen LogP contribution is 2.28. The van der Waals surface area contributed by atoms with E-state index in [0.29, 0.717) is 23.1 Å². The number of hydrogen-bond acceptors (Lipinski definition) is 5. The lowest BCUT2D eigenvalue weighted by atomic mass is 10.0. The van der Waals surface area contributed by atoms with Gasteiger partial charge in [0, 0.05) is 24.7 Å². The van der Waals surface area contributed by atoms with Crippen molar-refractivity contribution in [2.75, 3.05) is 23.3 Å². The SMILES string of the molecule is CC1CCCN(c2cc(-c3ccccc3)nc(Nc3ccccc3C#N)n2)C1. The molecule has 5 heteroatoms. The monoisotopic (exact) mass is 369 g/mol. The molecular formula is C23H23N5. The lowest BCUT2D eigenvalue weighted by Gasteiger charge is -2.32. The maximum absolute atomic E-state index is 9.38. The van der Waals surface area contributed by atoms with Crippen LogP contribution in [0.1, 0.15) is 25.3 Å². The molecule has 1 unspecified atom stereocenters. The quantitative estimate of drug-likeness (QED) is 0.701. The van der Waals surface area contributed by atoms with Crippen LogP contribution < -0.4 is 10.2 Å². The van der Waals surface area contributed by atoms with Crippen molar-refractivity contribution in [3.8, 4) is 17.3 Å². The molecule has 4 rings (SSSR count). The molecule has 1 fully saturated rings. The molecule has 28 heavy (non-hydrogen) atoms. The Morgan fingerprint density at radius 3 is 2.64 bits per heavy atom. The minimum absolute atomic E-state index is 0.511. The molecule has 1 atom stereocenters. The van der Waals surface area contributed by atoms with Crippen molar-refractivity contribution in [1.29, 1.82) is 5.26 Å². The highest BCUT2D eigenvalue weighted by atomic mass is 15.2. The van der Waals surface area contributed by atoms with Crippen molar-refractivity contribution in [2.45, 2.75) is 19.8 Å². The zero-order chi connectivity index (χ0) is 19.3. The first-order chi connectivity index (χ1) is 13.7. The summed E-state index contributed by atoms with van der Waals surface area (Å²) in [5.41, 5.74) is 3.21. The standard InChI is InChI=1S/C23H23N5/c1-17-8-7-13-28(16-17)22-14-21(18-9-3-2-4-10-18)26-23(27-22)25-20-12-6-5-11-19(20)15-24/h2-6,9-12,14,17H,7-8,13,16H2,1H3,(H,25,26,27). The van der Waals surface area contributed by atoms with Crippen LogP contribution in [-0.2, 0) is 0 Å². The van der Waals surface area contributed by atoms with Gasteiger partial charge in [0.1, 0.15) is 11.9 Å². The molecule has 5 nitrogen and oxygen atoms in total. The molecule has 2 heterocycles. The summed E-state index contributed by atoms with van der Waals surface area (Å²) in [6.07, 6.45) is 2.43. The molecule has 1 aliphatic heterocycles. The first-order valence-corrected chi connectivity index (χ1v) is 9.68. The van der Waals surface area contributed by atoms with E-state index in [1.807, 2.05) is 36.4 Å². The minimum Gasteiger partial charge on any atom is -0.356 e. The van der Waals surface area contributed by atoms with Gasteiger partial charge < -0.3 is 10.2 Å². The van der Waals surface area contributed by atoms with E-state index in [9.17, 15) is 5.26 Å². The van der Waals surface area contributed by atoms with E-state index >= 15 is 0 Å². The summed E-state index contributed by atoms with van der Waals surface area (Å²) < 4.78 is 0. The van der Waals surface area contributed by atoms with Crippen molar-refractivity contribution in [3.05, 3.63) is 66.2 Å². The molecule has 1 aromatic heterocycles.